The lowest BCUT2D eigenvalue weighted by Gasteiger charge is -2.22. The van der Waals surface area contributed by atoms with Crippen LogP contribution in [0.15, 0.2) is 47.6 Å². The first-order valence-corrected chi connectivity index (χ1v) is 10.8. The first-order valence-electron chi connectivity index (χ1n) is 9.80. The number of amides is 1. The normalized spacial score (nSPS) is 10.9. The van der Waals surface area contributed by atoms with E-state index in [0.29, 0.717) is 17.5 Å². The third kappa shape index (κ3) is 5.23. The number of nitrogens with zero attached hydrogens (tertiary/aromatic N) is 5. The van der Waals surface area contributed by atoms with Crippen LogP contribution in [0.25, 0.3) is 5.69 Å². The molecule has 0 unspecified atom stereocenters. The standard InChI is InChI=1S/C22H27N5OS/c1-5-13-26(14-19-11-9-16(2)10-12-19)21(28)15-29-22-23-24-25-27(22)20-8-6-7-17(3)18(20)4/h6-12H,5,13-15H2,1-4H3. The minimum atomic E-state index is 0.0907. The molecule has 0 N–H and O–H groups in total. The predicted octanol–water partition coefficient (Wildman–Crippen LogP) is 4.12. The Balaban J connectivity index is 1.70. The third-order valence-electron chi connectivity index (χ3n) is 4.91. The molecule has 7 heteroatoms. The van der Waals surface area contributed by atoms with Crippen LogP contribution >= 0.6 is 11.8 Å². The molecule has 0 aliphatic heterocycles. The van der Waals surface area contributed by atoms with Crippen LogP contribution in [-0.2, 0) is 11.3 Å². The van der Waals surface area contributed by atoms with Gasteiger partial charge in [-0.2, -0.15) is 4.68 Å². The van der Waals surface area contributed by atoms with Gasteiger partial charge in [0.25, 0.3) is 0 Å². The number of carbonyl (C=O) groups is 1. The van der Waals surface area contributed by atoms with Crippen molar-refractivity contribution in [3.63, 3.8) is 0 Å². The van der Waals surface area contributed by atoms with E-state index in [1.54, 1.807) is 4.68 Å². The molecular weight excluding hydrogens is 382 g/mol. The smallest absolute Gasteiger partial charge is 0.233 e. The molecule has 0 saturated heterocycles. The predicted molar refractivity (Wildman–Crippen MR) is 116 cm³/mol. The minimum Gasteiger partial charge on any atom is -0.338 e. The van der Waals surface area contributed by atoms with Crippen LogP contribution in [0.5, 0.6) is 0 Å². The maximum atomic E-state index is 12.9. The van der Waals surface area contributed by atoms with E-state index in [-0.39, 0.29) is 5.91 Å². The molecule has 0 saturated carbocycles. The molecule has 0 radical (unpaired) electrons. The zero-order valence-electron chi connectivity index (χ0n) is 17.4. The van der Waals surface area contributed by atoms with Gasteiger partial charge in [-0.15, -0.1) is 5.10 Å². The molecule has 3 rings (SSSR count). The number of thioether (sulfide) groups is 1. The Labute approximate surface area is 176 Å². The molecule has 1 aromatic heterocycles. The van der Waals surface area contributed by atoms with Gasteiger partial charge in [-0.1, -0.05) is 60.6 Å². The molecule has 29 heavy (non-hydrogen) atoms. The molecule has 152 valence electrons. The lowest BCUT2D eigenvalue weighted by molar-refractivity contribution is -0.129. The van der Waals surface area contributed by atoms with Crippen LogP contribution < -0.4 is 0 Å². The van der Waals surface area contributed by atoms with Gasteiger partial charge in [0.05, 0.1) is 11.4 Å². The highest BCUT2D eigenvalue weighted by Gasteiger charge is 2.17. The summed E-state index contributed by atoms with van der Waals surface area (Å²) >= 11 is 1.37. The minimum absolute atomic E-state index is 0.0907. The average molecular weight is 410 g/mol. The van der Waals surface area contributed by atoms with Crippen LogP contribution in [0, 0.1) is 20.8 Å². The summed E-state index contributed by atoms with van der Waals surface area (Å²) in [5, 5.41) is 12.7. The number of aromatic nitrogens is 4. The zero-order valence-corrected chi connectivity index (χ0v) is 18.2. The second kappa shape index (κ2) is 9.69. The van der Waals surface area contributed by atoms with E-state index in [1.165, 1.54) is 22.9 Å². The second-order valence-electron chi connectivity index (χ2n) is 7.18. The van der Waals surface area contributed by atoms with E-state index in [9.17, 15) is 4.79 Å². The first kappa shape index (κ1) is 21.0. The topological polar surface area (TPSA) is 63.9 Å². The molecule has 0 aliphatic rings. The number of hydrogen-bond donors (Lipinski definition) is 0. The monoisotopic (exact) mass is 409 g/mol. The largest absolute Gasteiger partial charge is 0.338 e. The maximum Gasteiger partial charge on any atom is 0.233 e. The van der Waals surface area contributed by atoms with Gasteiger partial charge in [-0.05, 0) is 60.4 Å². The van der Waals surface area contributed by atoms with Crippen molar-refractivity contribution in [1.29, 1.82) is 0 Å². The second-order valence-corrected chi connectivity index (χ2v) is 8.12. The quantitative estimate of drug-likeness (QED) is 0.524. The molecule has 3 aromatic rings. The number of carbonyl (C=O) groups excluding carboxylic acids is 1. The van der Waals surface area contributed by atoms with Crippen LogP contribution in [0.3, 0.4) is 0 Å². The Bertz CT molecular complexity index is 968. The fourth-order valence-electron chi connectivity index (χ4n) is 3.08. The highest BCUT2D eigenvalue weighted by Crippen LogP contribution is 2.23. The Morgan fingerprint density at radius 2 is 1.86 bits per heavy atom. The molecule has 0 bridgehead atoms. The summed E-state index contributed by atoms with van der Waals surface area (Å²) in [5.41, 5.74) is 5.60. The van der Waals surface area contributed by atoms with E-state index in [2.05, 4.69) is 73.6 Å². The average Bonchev–Trinajstić information content (AvgIpc) is 3.18. The summed E-state index contributed by atoms with van der Waals surface area (Å²) < 4.78 is 1.71. The van der Waals surface area contributed by atoms with E-state index in [1.807, 2.05) is 17.0 Å². The Morgan fingerprint density at radius 3 is 2.59 bits per heavy atom. The van der Waals surface area contributed by atoms with Crippen LogP contribution in [-0.4, -0.2) is 43.3 Å². The van der Waals surface area contributed by atoms with Crippen molar-refractivity contribution in [2.24, 2.45) is 0 Å². The fourth-order valence-corrected chi connectivity index (χ4v) is 3.87. The van der Waals surface area contributed by atoms with Crippen molar-refractivity contribution < 1.29 is 4.79 Å². The number of tetrazole rings is 1. The van der Waals surface area contributed by atoms with Gasteiger partial charge >= 0.3 is 0 Å². The SMILES string of the molecule is CCCN(Cc1ccc(C)cc1)C(=O)CSc1nnnn1-c1cccc(C)c1C. The Kier molecular flexibility index (Phi) is 7.04. The van der Waals surface area contributed by atoms with E-state index < -0.39 is 0 Å². The zero-order chi connectivity index (χ0) is 20.8. The third-order valence-corrected chi connectivity index (χ3v) is 5.81. The summed E-state index contributed by atoms with van der Waals surface area (Å²) in [6, 6.07) is 14.4. The van der Waals surface area contributed by atoms with E-state index in [4.69, 9.17) is 0 Å². The van der Waals surface area contributed by atoms with Crippen molar-refractivity contribution >= 4 is 17.7 Å². The van der Waals surface area contributed by atoms with Gasteiger partial charge in [-0.25, -0.2) is 0 Å². The van der Waals surface area contributed by atoms with Gasteiger partial charge in [0.2, 0.25) is 11.1 Å². The Morgan fingerprint density at radius 1 is 1.10 bits per heavy atom. The lowest BCUT2D eigenvalue weighted by atomic mass is 10.1. The van der Waals surface area contributed by atoms with Gasteiger partial charge < -0.3 is 4.90 Å². The summed E-state index contributed by atoms with van der Waals surface area (Å²) in [5.74, 6) is 0.393. The van der Waals surface area contributed by atoms with Gasteiger partial charge in [0.15, 0.2) is 0 Å². The van der Waals surface area contributed by atoms with Crippen molar-refractivity contribution in [3.05, 3.63) is 64.7 Å². The van der Waals surface area contributed by atoms with Crippen LogP contribution in [0.2, 0.25) is 0 Å². The number of hydrogen-bond acceptors (Lipinski definition) is 5. The van der Waals surface area contributed by atoms with Gasteiger partial charge in [0.1, 0.15) is 0 Å². The van der Waals surface area contributed by atoms with Gasteiger partial charge in [-0.3, -0.25) is 4.79 Å². The molecule has 0 spiro atoms. The van der Waals surface area contributed by atoms with Gasteiger partial charge in [0, 0.05) is 13.1 Å². The summed E-state index contributed by atoms with van der Waals surface area (Å²) in [6.45, 7) is 9.62. The molecule has 0 fully saturated rings. The summed E-state index contributed by atoms with van der Waals surface area (Å²) in [6.07, 6.45) is 0.919. The molecule has 1 heterocycles. The van der Waals surface area contributed by atoms with Crippen molar-refractivity contribution in [2.45, 2.75) is 45.8 Å². The van der Waals surface area contributed by atoms with Crippen molar-refractivity contribution in [1.82, 2.24) is 25.1 Å². The molecule has 0 atom stereocenters. The van der Waals surface area contributed by atoms with Crippen LogP contribution in [0.1, 0.15) is 35.6 Å². The fraction of sp³-hybridized carbons (Fsp3) is 0.364. The molecule has 6 nitrogen and oxygen atoms in total. The number of aryl methyl sites for hydroxylation is 2. The molecule has 2 aromatic carbocycles. The van der Waals surface area contributed by atoms with Crippen molar-refractivity contribution in [3.8, 4) is 5.69 Å². The first-order chi connectivity index (χ1) is 14.0. The van der Waals surface area contributed by atoms with Crippen molar-refractivity contribution in [2.75, 3.05) is 12.3 Å². The Hall–Kier alpha value is -2.67. The van der Waals surface area contributed by atoms with E-state index in [0.717, 1.165) is 29.8 Å². The molecule has 0 aliphatic carbocycles. The molecular formula is C22H27N5OS. The van der Waals surface area contributed by atoms with Crippen LogP contribution in [0.4, 0.5) is 0 Å². The highest BCUT2D eigenvalue weighted by molar-refractivity contribution is 7.99. The lowest BCUT2D eigenvalue weighted by Crippen LogP contribution is -2.32. The van der Waals surface area contributed by atoms with E-state index >= 15 is 0 Å². The number of rotatable bonds is 8. The number of benzene rings is 2. The maximum absolute atomic E-state index is 12.9. The molecule has 1 amide bonds. The summed E-state index contributed by atoms with van der Waals surface area (Å²) in [4.78, 5) is 14.8. The summed E-state index contributed by atoms with van der Waals surface area (Å²) in [7, 11) is 0. The highest BCUT2D eigenvalue weighted by atomic mass is 32.2.